The van der Waals surface area contributed by atoms with Crippen LogP contribution in [-0.2, 0) is 12.8 Å². The molecule has 2 amide bonds. The molecule has 1 aromatic carbocycles. The molecular formula is C21H20N2O2S2. The summed E-state index contributed by atoms with van der Waals surface area (Å²) in [6.45, 7) is 2.26. The number of benzene rings is 1. The third-order valence-corrected chi connectivity index (χ3v) is 6.80. The number of hydrogen-bond donors (Lipinski definition) is 2. The number of anilines is 2. The second-order valence-corrected chi connectivity index (χ2v) is 8.95. The van der Waals surface area contributed by atoms with Crippen molar-refractivity contribution >= 4 is 45.9 Å². The number of carbonyl (C=O) groups is 2. The van der Waals surface area contributed by atoms with E-state index in [0.29, 0.717) is 22.2 Å². The highest BCUT2D eigenvalue weighted by molar-refractivity contribution is 7.14. The Balaban J connectivity index is 1.39. The molecule has 1 aliphatic carbocycles. The first kappa shape index (κ1) is 17.9. The van der Waals surface area contributed by atoms with Crippen LogP contribution in [0.1, 0.15) is 43.1 Å². The summed E-state index contributed by atoms with van der Waals surface area (Å²) in [6, 6.07) is 12.9. The van der Waals surface area contributed by atoms with Gasteiger partial charge in [0.05, 0.1) is 9.75 Å². The Morgan fingerprint density at radius 2 is 1.67 bits per heavy atom. The van der Waals surface area contributed by atoms with Gasteiger partial charge in [-0.2, -0.15) is 0 Å². The smallest absolute Gasteiger partial charge is 0.265 e. The van der Waals surface area contributed by atoms with Crippen LogP contribution in [0.4, 0.5) is 11.4 Å². The number of amides is 2. The largest absolute Gasteiger partial charge is 0.321 e. The fraction of sp³-hybridized carbons (Fsp3) is 0.238. The van der Waals surface area contributed by atoms with Crippen molar-refractivity contribution in [1.82, 2.24) is 0 Å². The Labute approximate surface area is 166 Å². The topological polar surface area (TPSA) is 58.2 Å². The van der Waals surface area contributed by atoms with Crippen LogP contribution in [-0.4, -0.2) is 11.8 Å². The summed E-state index contributed by atoms with van der Waals surface area (Å²) in [5.74, 6) is 0.498. The monoisotopic (exact) mass is 396 g/mol. The lowest BCUT2D eigenvalue weighted by atomic mass is 9.90. The van der Waals surface area contributed by atoms with Crippen molar-refractivity contribution in [3.8, 4) is 0 Å². The molecule has 0 aliphatic heterocycles. The Hall–Kier alpha value is -2.44. The predicted molar refractivity (Wildman–Crippen MR) is 112 cm³/mol. The number of carbonyl (C=O) groups excluding carboxylic acids is 2. The zero-order chi connectivity index (χ0) is 18.8. The zero-order valence-corrected chi connectivity index (χ0v) is 16.6. The van der Waals surface area contributed by atoms with Gasteiger partial charge in [-0.15, -0.1) is 22.7 Å². The fourth-order valence-electron chi connectivity index (χ4n) is 3.25. The van der Waals surface area contributed by atoms with Crippen molar-refractivity contribution in [2.75, 3.05) is 10.6 Å². The fourth-order valence-corrected chi connectivity index (χ4v) is 4.97. The maximum Gasteiger partial charge on any atom is 0.265 e. The maximum atomic E-state index is 12.6. The molecule has 2 heterocycles. The molecule has 0 radical (unpaired) electrons. The molecule has 0 spiro atoms. The van der Waals surface area contributed by atoms with Gasteiger partial charge in [0.25, 0.3) is 11.8 Å². The number of aryl methyl sites for hydroxylation is 1. The SMILES string of the molecule is CC1CCc2sc(C(=O)Nc3ccc(NC(=O)c4cccs4)cc3)cc2C1. The van der Waals surface area contributed by atoms with E-state index in [1.165, 1.54) is 28.2 Å². The van der Waals surface area contributed by atoms with Gasteiger partial charge in [0.1, 0.15) is 0 Å². The summed E-state index contributed by atoms with van der Waals surface area (Å²) in [5, 5.41) is 7.67. The minimum absolute atomic E-state index is 0.0718. The first-order valence-corrected chi connectivity index (χ1v) is 10.7. The molecule has 0 saturated carbocycles. The molecule has 2 N–H and O–H groups in total. The van der Waals surface area contributed by atoms with Gasteiger partial charge in [-0.25, -0.2) is 0 Å². The molecule has 0 bridgehead atoms. The van der Waals surface area contributed by atoms with Crippen LogP contribution in [0.2, 0.25) is 0 Å². The van der Waals surface area contributed by atoms with E-state index in [0.717, 1.165) is 17.7 Å². The lowest BCUT2D eigenvalue weighted by Gasteiger charge is -2.16. The van der Waals surface area contributed by atoms with Crippen molar-refractivity contribution < 1.29 is 9.59 Å². The van der Waals surface area contributed by atoms with Gasteiger partial charge in [-0.3, -0.25) is 9.59 Å². The summed E-state index contributed by atoms with van der Waals surface area (Å²) >= 11 is 3.01. The minimum atomic E-state index is -0.125. The molecule has 1 aliphatic rings. The van der Waals surface area contributed by atoms with Crippen molar-refractivity contribution in [1.29, 1.82) is 0 Å². The first-order chi connectivity index (χ1) is 13.1. The van der Waals surface area contributed by atoms with Gasteiger partial charge in [0, 0.05) is 16.3 Å². The van der Waals surface area contributed by atoms with Crippen LogP contribution >= 0.6 is 22.7 Å². The van der Waals surface area contributed by atoms with E-state index < -0.39 is 0 Å². The first-order valence-electron chi connectivity index (χ1n) is 8.96. The van der Waals surface area contributed by atoms with Crippen molar-refractivity contribution in [3.05, 3.63) is 68.0 Å². The summed E-state index contributed by atoms with van der Waals surface area (Å²) in [7, 11) is 0. The Morgan fingerprint density at radius 1 is 1.00 bits per heavy atom. The minimum Gasteiger partial charge on any atom is -0.321 e. The van der Waals surface area contributed by atoms with Gasteiger partial charge in [0.2, 0.25) is 0 Å². The van der Waals surface area contributed by atoms with Gasteiger partial charge in [0.15, 0.2) is 0 Å². The highest BCUT2D eigenvalue weighted by atomic mass is 32.1. The average Bonchev–Trinajstić information content (AvgIpc) is 3.32. The van der Waals surface area contributed by atoms with E-state index in [1.54, 1.807) is 41.7 Å². The lowest BCUT2D eigenvalue weighted by Crippen LogP contribution is -2.11. The summed E-state index contributed by atoms with van der Waals surface area (Å²) in [4.78, 5) is 27.4. The molecule has 4 rings (SSSR count). The molecule has 1 unspecified atom stereocenters. The van der Waals surface area contributed by atoms with Crippen LogP contribution in [0.3, 0.4) is 0 Å². The van der Waals surface area contributed by atoms with Gasteiger partial charge in [-0.1, -0.05) is 13.0 Å². The number of hydrogen-bond acceptors (Lipinski definition) is 4. The van der Waals surface area contributed by atoms with E-state index >= 15 is 0 Å². The third kappa shape index (κ3) is 4.12. The lowest BCUT2D eigenvalue weighted by molar-refractivity contribution is 0.102. The van der Waals surface area contributed by atoms with E-state index in [4.69, 9.17) is 0 Å². The number of thiophene rings is 2. The van der Waals surface area contributed by atoms with Gasteiger partial charge in [-0.05, 0) is 72.5 Å². The quantitative estimate of drug-likeness (QED) is 0.617. The average molecular weight is 397 g/mol. The Morgan fingerprint density at radius 3 is 2.30 bits per heavy atom. The zero-order valence-electron chi connectivity index (χ0n) is 15.0. The highest BCUT2D eigenvalue weighted by Crippen LogP contribution is 2.32. The molecule has 0 saturated heterocycles. The van der Waals surface area contributed by atoms with Crippen LogP contribution in [0, 0.1) is 5.92 Å². The van der Waals surface area contributed by atoms with Gasteiger partial charge >= 0.3 is 0 Å². The van der Waals surface area contributed by atoms with Crippen molar-refractivity contribution in [2.45, 2.75) is 26.2 Å². The summed E-state index contributed by atoms with van der Waals surface area (Å²) in [6.07, 6.45) is 3.35. The standard InChI is InChI=1S/C21H20N2O2S2/c1-13-4-9-17-14(11-13)12-19(27-17)21(25)23-16-7-5-15(6-8-16)22-20(24)18-3-2-10-26-18/h2-3,5-8,10,12-13H,4,9,11H2,1H3,(H,22,24)(H,23,25). The molecule has 138 valence electrons. The predicted octanol–water partition coefficient (Wildman–Crippen LogP) is 5.44. The molecule has 2 aromatic heterocycles. The van der Waals surface area contributed by atoms with E-state index in [2.05, 4.69) is 17.6 Å². The van der Waals surface area contributed by atoms with E-state index in [-0.39, 0.29) is 11.8 Å². The van der Waals surface area contributed by atoms with Gasteiger partial charge < -0.3 is 10.6 Å². The Kier molecular flexibility index (Phi) is 5.09. The molecular weight excluding hydrogens is 376 g/mol. The van der Waals surface area contributed by atoms with Crippen LogP contribution in [0.5, 0.6) is 0 Å². The maximum absolute atomic E-state index is 12.6. The molecule has 1 atom stereocenters. The number of nitrogens with one attached hydrogen (secondary N) is 2. The molecule has 4 nitrogen and oxygen atoms in total. The van der Waals surface area contributed by atoms with Crippen LogP contribution in [0.15, 0.2) is 47.8 Å². The highest BCUT2D eigenvalue weighted by Gasteiger charge is 2.20. The third-order valence-electron chi connectivity index (χ3n) is 4.70. The number of fused-ring (bicyclic) bond motifs is 1. The van der Waals surface area contributed by atoms with E-state index in [1.807, 2.05) is 17.5 Å². The molecule has 0 fully saturated rings. The number of rotatable bonds is 4. The molecule has 27 heavy (non-hydrogen) atoms. The van der Waals surface area contributed by atoms with Crippen LogP contribution in [0.25, 0.3) is 0 Å². The second kappa shape index (κ2) is 7.66. The second-order valence-electron chi connectivity index (χ2n) is 6.87. The normalized spacial score (nSPS) is 15.8. The summed E-state index contributed by atoms with van der Waals surface area (Å²) in [5.41, 5.74) is 2.75. The van der Waals surface area contributed by atoms with Crippen LogP contribution < -0.4 is 10.6 Å². The Bertz CT molecular complexity index is 959. The van der Waals surface area contributed by atoms with E-state index in [9.17, 15) is 9.59 Å². The van der Waals surface area contributed by atoms with Crippen molar-refractivity contribution in [3.63, 3.8) is 0 Å². The molecule has 6 heteroatoms. The summed E-state index contributed by atoms with van der Waals surface area (Å²) < 4.78 is 0. The molecule has 3 aromatic rings. The van der Waals surface area contributed by atoms with Crippen molar-refractivity contribution in [2.24, 2.45) is 5.92 Å².